The van der Waals surface area contributed by atoms with E-state index in [4.69, 9.17) is 0 Å². The van der Waals surface area contributed by atoms with Crippen LogP contribution in [-0.2, 0) is 16.0 Å². The Balaban J connectivity index is 1.83. The van der Waals surface area contributed by atoms with Gasteiger partial charge in [0.2, 0.25) is 11.8 Å². The van der Waals surface area contributed by atoms with E-state index in [0.717, 1.165) is 5.39 Å². The van der Waals surface area contributed by atoms with Crippen LogP contribution < -0.4 is 10.9 Å². The Bertz CT molecular complexity index is 856. The number of rotatable bonds is 4. The quantitative estimate of drug-likeness (QED) is 0.883. The number of fused-ring (bicyclic) bond motifs is 1. The molecule has 1 atom stereocenters. The number of amides is 2. The van der Waals surface area contributed by atoms with Gasteiger partial charge in [-0.3, -0.25) is 14.4 Å². The Hall–Kier alpha value is -2.63. The highest BCUT2D eigenvalue weighted by atomic mass is 16.2. The summed E-state index contributed by atoms with van der Waals surface area (Å²) >= 11 is 0. The Morgan fingerprint density at radius 1 is 1.28 bits per heavy atom. The van der Waals surface area contributed by atoms with Crippen LogP contribution in [0.25, 0.3) is 10.8 Å². The lowest BCUT2D eigenvalue weighted by Crippen LogP contribution is -2.57. The molecule has 1 saturated heterocycles. The molecule has 2 N–H and O–H groups in total. The van der Waals surface area contributed by atoms with Gasteiger partial charge in [0, 0.05) is 24.2 Å². The van der Waals surface area contributed by atoms with Crippen molar-refractivity contribution in [2.24, 2.45) is 5.92 Å². The molecule has 0 unspecified atom stereocenters. The van der Waals surface area contributed by atoms with Gasteiger partial charge < -0.3 is 15.2 Å². The summed E-state index contributed by atoms with van der Waals surface area (Å²) in [5, 5.41) is 4.24. The third-order valence-electron chi connectivity index (χ3n) is 4.50. The predicted octanol–water partition coefficient (Wildman–Crippen LogP) is 1.44. The molecule has 1 aliphatic rings. The number of piperazine rings is 1. The molecular weight excluding hydrogens is 318 g/mol. The summed E-state index contributed by atoms with van der Waals surface area (Å²) in [6, 6.07) is 8.68. The fourth-order valence-electron chi connectivity index (χ4n) is 3.32. The monoisotopic (exact) mass is 341 g/mol. The molecule has 0 aliphatic carbocycles. The van der Waals surface area contributed by atoms with Crippen molar-refractivity contribution >= 4 is 22.6 Å². The normalized spacial score (nSPS) is 17.8. The first-order chi connectivity index (χ1) is 12.0. The molecule has 6 heteroatoms. The van der Waals surface area contributed by atoms with Gasteiger partial charge in [-0.25, -0.2) is 0 Å². The highest BCUT2D eigenvalue weighted by molar-refractivity contribution is 5.90. The second-order valence-corrected chi connectivity index (χ2v) is 6.91. The van der Waals surface area contributed by atoms with Crippen molar-refractivity contribution in [2.75, 3.05) is 13.1 Å². The van der Waals surface area contributed by atoms with Crippen LogP contribution in [0.4, 0.5) is 0 Å². The Kier molecular flexibility index (Phi) is 4.88. The molecule has 1 aromatic carbocycles. The number of hydrogen-bond acceptors (Lipinski definition) is 3. The minimum Gasteiger partial charge on any atom is -0.353 e. The zero-order chi connectivity index (χ0) is 18.0. The van der Waals surface area contributed by atoms with Crippen molar-refractivity contribution in [1.82, 2.24) is 15.2 Å². The van der Waals surface area contributed by atoms with Gasteiger partial charge in [0.1, 0.15) is 6.04 Å². The van der Waals surface area contributed by atoms with Gasteiger partial charge in [0.25, 0.3) is 5.56 Å². The van der Waals surface area contributed by atoms with E-state index in [2.05, 4.69) is 10.3 Å². The Morgan fingerprint density at radius 3 is 2.80 bits per heavy atom. The summed E-state index contributed by atoms with van der Waals surface area (Å²) in [4.78, 5) is 41.5. The number of aromatic nitrogens is 1. The van der Waals surface area contributed by atoms with Crippen LogP contribution in [0, 0.1) is 5.92 Å². The molecule has 1 aliphatic heterocycles. The molecule has 132 valence electrons. The van der Waals surface area contributed by atoms with Crippen molar-refractivity contribution in [3.05, 3.63) is 46.4 Å². The molecule has 2 aromatic rings. The van der Waals surface area contributed by atoms with Crippen LogP contribution in [-0.4, -0.2) is 40.8 Å². The number of nitrogens with one attached hydrogen (secondary N) is 2. The number of hydrogen-bond donors (Lipinski definition) is 2. The number of nitrogens with zero attached hydrogens (tertiary/aromatic N) is 1. The van der Waals surface area contributed by atoms with Gasteiger partial charge in [0.05, 0.1) is 6.42 Å². The summed E-state index contributed by atoms with van der Waals surface area (Å²) < 4.78 is 0. The molecule has 1 aromatic heterocycles. The maximum absolute atomic E-state index is 12.8. The number of carbonyl (C=O) groups excluding carboxylic acids is 2. The van der Waals surface area contributed by atoms with Crippen molar-refractivity contribution in [3.8, 4) is 0 Å². The SMILES string of the molecule is CC(C)C[C@@H]1C(=O)NCCN1C(=O)Cc1cc2ccccc2c(=O)[nH]1. The molecule has 0 radical (unpaired) electrons. The third-order valence-corrected chi connectivity index (χ3v) is 4.50. The summed E-state index contributed by atoms with van der Waals surface area (Å²) in [5.74, 6) is 0.0800. The van der Waals surface area contributed by atoms with E-state index in [-0.39, 0.29) is 23.8 Å². The third kappa shape index (κ3) is 3.73. The van der Waals surface area contributed by atoms with Gasteiger partial charge >= 0.3 is 0 Å². The van der Waals surface area contributed by atoms with Crippen molar-refractivity contribution < 1.29 is 9.59 Å². The lowest BCUT2D eigenvalue weighted by atomic mass is 9.99. The molecule has 3 rings (SSSR count). The van der Waals surface area contributed by atoms with E-state index in [1.54, 1.807) is 11.0 Å². The van der Waals surface area contributed by atoms with Gasteiger partial charge in [-0.1, -0.05) is 32.0 Å². The lowest BCUT2D eigenvalue weighted by Gasteiger charge is -2.36. The highest BCUT2D eigenvalue weighted by Crippen LogP contribution is 2.17. The smallest absolute Gasteiger partial charge is 0.256 e. The molecule has 0 saturated carbocycles. The first-order valence-corrected chi connectivity index (χ1v) is 8.64. The zero-order valence-electron chi connectivity index (χ0n) is 14.5. The fraction of sp³-hybridized carbons (Fsp3) is 0.421. The van der Waals surface area contributed by atoms with E-state index in [0.29, 0.717) is 36.5 Å². The lowest BCUT2D eigenvalue weighted by molar-refractivity contribution is -0.143. The summed E-state index contributed by atoms with van der Waals surface area (Å²) in [6.07, 6.45) is 0.716. The number of carbonyl (C=O) groups is 2. The molecule has 2 heterocycles. The maximum atomic E-state index is 12.8. The average Bonchev–Trinajstić information content (AvgIpc) is 2.56. The average molecular weight is 341 g/mol. The van der Waals surface area contributed by atoms with Crippen molar-refractivity contribution in [1.29, 1.82) is 0 Å². The highest BCUT2D eigenvalue weighted by Gasteiger charge is 2.33. The van der Waals surface area contributed by atoms with E-state index >= 15 is 0 Å². The summed E-state index contributed by atoms with van der Waals surface area (Å²) in [7, 11) is 0. The number of benzene rings is 1. The van der Waals surface area contributed by atoms with Gasteiger partial charge in [0.15, 0.2) is 0 Å². The van der Waals surface area contributed by atoms with Crippen LogP contribution in [0.5, 0.6) is 0 Å². The van der Waals surface area contributed by atoms with E-state index < -0.39 is 6.04 Å². The van der Waals surface area contributed by atoms with Gasteiger partial charge in [-0.15, -0.1) is 0 Å². The number of H-pyrrole nitrogens is 1. The zero-order valence-corrected chi connectivity index (χ0v) is 14.5. The summed E-state index contributed by atoms with van der Waals surface area (Å²) in [6.45, 7) is 5.03. The molecular formula is C19H23N3O3. The van der Waals surface area contributed by atoms with Crippen LogP contribution in [0.15, 0.2) is 35.1 Å². The second-order valence-electron chi connectivity index (χ2n) is 6.91. The van der Waals surface area contributed by atoms with Crippen molar-refractivity contribution in [3.63, 3.8) is 0 Å². The topological polar surface area (TPSA) is 82.3 Å². The van der Waals surface area contributed by atoms with Crippen LogP contribution in [0.3, 0.4) is 0 Å². The molecule has 0 bridgehead atoms. The Morgan fingerprint density at radius 2 is 2.04 bits per heavy atom. The first kappa shape index (κ1) is 17.2. The first-order valence-electron chi connectivity index (χ1n) is 8.64. The molecule has 0 spiro atoms. The van der Waals surface area contributed by atoms with Crippen LogP contribution in [0.1, 0.15) is 26.0 Å². The molecule has 1 fully saturated rings. The van der Waals surface area contributed by atoms with Crippen LogP contribution >= 0.6 is 0 Å². The number of aromatic amines is 1. The number of pyridine rings is 1. The maximum Gasteiger partial charge on any atom is 0.256 e. The van der Waals surface area contributed by atoms with Crippen LogP contribution in [0.2, 0.25) is 0 Å². The standard InChI is InChI=1S/C19H23N3O3/c1-12(2)9-16-19(25)20-7-8-22(16)17(23)11-14-10-13-5-3-4-6-15(13)18(24)21-14/h3-6,10,12,16H,7-9,11H2,1-2H3,(H,20,25)(H,21,24)/t16-/m1/s1. The predicted molar refractivity (Wildman–Crippen MR) is 96.2 cm³/mol. The largest absolute Gasteiger partial charge is 0.353 e. The van der Waals surface area contributed by atoms with Crippen molar-refractivity contribution in [2.45, 2.75) is 32.7 Å². The molecule has 2 amide bonds. The molecule has 6 nitrogen and oxygen atoms in total. The van der Waals surface area contributed by atoms with Gasteiger partial charge in [-0.05, 0) is 29.9 Å². The Labute approximate surface area is 146 Å². The van der Waals surface area contributed by atoms with Gasteiger partial charge in [-0.2, -0.15) is 0 Å². The second kappa shape index (κ2) is 7.09. The fourth-order valence-corrected chi connectivity index (χ4v) is 3.32. The van der Waals surface area contributed by atoms with E-state index in [1.807, 2.05) is 38.1 Å². The van der Waals surface area contributed by atoms with E-state index in [9.17, 15) is 14.4 Å². The minimum atomic E-state index is -0.437. The summed E-state index contributed by atoms with van der Waals surface area (Å²) in [5.41, 5.74) is 0.374. The molecule has 25 heavy (non-hydrogen) atoms. The minimum absolute atomic E-state index is 0.0853. The van der Waals surface area contributed by atoms with E-state index in [1.165, 1.54) is 0 Å².